The molecule has 2 unspecified atom stereocenters. The molecule has 0 aromatic heterocycles. The van der Waals surface area contributed by atoms with Gasteiger partial charge in [0.1, 0.15) is 24.6 Å². The lowest BCUT2D eigenvalue weighted by Gasteiger charge is -2.34. The molecule has 1 aromatic carbocycles. The van der Waals surface area contributed by atoms with Gasteiger partial charge in [-0.2, -0.15) is 0 Å². The van der Waals surface area contributed by atoms with Crippen LogP contribution in [-0.4, -0.2) is 53.9 Å². The maximum atomic E-state index is 13.5. The maximum Gasteiger partial charge on any atom is 0.222 e. The summed E-state index contributed by atoms with van der Waals surface area (Å²) in [6, 6.07) is 1.21. The number of aliphatic hydroxyl groups excluding tert-OH is 2. The highest BCUT2D eigenvalue weighted by Crippen LogP contribution is 2.41. The van der Waals surface area contributed by atoms with Gasteiger partial charge in [-0.15, -0.1) is 0 Å². The summed E-state index contributed by atoms with van der Waals surface area (Å²) in [6.07, 6.45) is 1.71. The van der Waals surface area contributed by atoms with Crippen molar-refractivity contribution in [1.29, 1.82) is 0 Å². The van der Waals surface area contributed by atoms with Crippen molar-refractivity contribution in [2.45, 2.75) is 12.1 Å². The Bertz CT molecular complexity index is 876. The van der Waals surface area contributed by atoms with E-state index in [0.717, 1.165) is 18.2 Å². The smallest absolute Gasteiger partial charge is 0.222 e. The van der Waals surface area contributed by atoms with E-state index in [2.05, 4.69) is 4.99 Å². The third-order valence-electron chi connectivity index (χ3n) is 3.93. The molecule has 0 radical (unpaired) electrons. The third-order valence-corrected chi connectivity index (χ3v) is 4.50. The first-order chi connectivity index (χ1) is 12.9. The van der Waals surface area contributed by atoms with Crippen molar-refractivity contribution in [3.05, 3.63) is 51.2 Å². The van der Waals surface area contributed by atoms with Crippen LogP contribution in [0.25, 0.3) is 0 Å². The van der Waals surface area contributed by atoms with Gasteiger partial charge in [0, 0.05) is 12.3 Å². The minimum absolute atomic E-state index is 0.0350. The van der Waals surface area contributed by atoms with Crippen LogP contribution in [0.1, 0.15) is 0 Å². The molecular weight excluding hydrogens is 402 g/mol. The zero-order valence-electron chi connectivity index (χ0n) is 13.6. The molecule has 0 amide bonds. The van der Waals surface area contributed by atoms with Gasteiger partial charge in [-0.05, 0) is 12.1 Å². The summed E-state index contributed by atoms with van der Waals surface area (Å²) >= 11 is 12.3. The van der Waals surface area contributed by atoms with E-state index < -0.39 is 30.4 Å². The molecule has 0 aliphatic carbocycles. The number of fused-ring (bicyclic) bond motifs is 1. The van der Waals surface area contributed by atoms with Crippen LogP contribution in [-0.2, 0) is 14.3 Å². The molecular formula is C17H13Cl2FN2O5. The van der Waals surface area contributed by atoms with Gasteiger partial charge in [-0.3, -0.25) is 9.59 Å². The lowest BCUT2D eigenvalue weighted by atomic mass is 9.97. The predicted molar refractivity (Wildman–Crippen MR) is 96.4 cm³/mol. The molecule has 2 atom stereocenters. The zero-order valence-corrected chi connectivity index (χ0v) is 15.1. The van der Waals surface area contributed by atoms with Crippen molar-refractivity contribution in [3.63, 3.8) is 0 Å². The standard InChI is InChI=1S/C17H13Cl2FN2O5/c18-11-1-8(20)2-12(19)16(11)22-9(5-23)3-14(26)15-13(22)4-21-17(15)27-7-10(25)6-24/h1-5,10,13,24-25H,6-7H2. The predicted octanol–water partition coefficient (Wildman–Crippen LogP) is 1.64. The first-order valence-corrected chi connectivity index (χ1v) is 8.48. The van der Waals surface area contributed by atoms with Crippen LogP contribution in [0, 0.1) is 5.82 Å². The van der Waals surface area contributed by atoms with Crippen LogP contribution < -0.4 is 4.90 Å². The number of aliphatic imine (C=N–C) groups is 1. The van der Waals surface area contributed by atoms with E-state index in [1.54, 1.807) is 0 Å². The van der Waals surface area contributed by atoms with E-state index in [0.29, 0.717) is 6.29 Å². The Kier molecular flexibility index (Phi) is 5.61. The number of benzene rings is 1. The highest BCUT2D eigenvalue weighted by atomic mass is 35.5. The Morgan fingerprint density at radius 1 is 1.37 bits per heavy atom. The molecule has 2 aliphatic heterocycles. The highest BCUT2D eigenvalue weighted by molar-refractivity contribution is 6.39. The van der Waals surface area contributed by atoms with Crippen LogP contribution >= 0.6 is 23.2 Å². The van der Waals surface area contributed by atoms with Crippen molar-refractivity contribution < 1.29 is 28.9 Å². The van der Waals surface area contributed by atoms with Crippen molar-refractivity contribution in [1.82, 2.24) is 0 Å². The summed E-state index contributed by atoms with van der Waals surface area (Å²) in [6.45, 7) is -0.805. The molecule has 1 aromatic rings. The molecule has 2 aliphatic rings. The van der Waals surface area contributed by atoms with E-state index in [9.17, 15) is 19.1 Å². The molecule has 10 heteroatoms. The van der Waals surface area contributed by atoms with E-state index in [4.69, 9.17) is 33.0 Å². The van der Waals surface area contributed by atoms with Gasteiger partial charge >= 0.3 is 0 Å². The molecule has 0 saturated heterocycles. The van der Waals surface area contributed by atoms with Crippen LogP contribution in [0.2, 0.25) is 10.0 Å². The van der Waals surface area contributed by atoms with Gasteiger partial charge in [-0.25, -0.2) is 9.38 Å². The number of hydrogen-bond donors (Lipinski definition) is 2. The normalized spacial score (nSPS) is 19.9. The van der Waals surface area contributed by atoms with E-state index >= 15 is 0 Å². The molecule has 7 nitrogen and oxygen atoms in total. The van der Waals surface area contributed by atoms with Gasteiger partial charge in [0.05, 0.1) is 33.6 Å². The quantitative estimate of drug-likeness (QED) is 0.686. The minimum Gasteiger partial charge on any atom is -0.474 e. The topological polar surface area (TPSA) is 99.4 Å². The Labute approximate surface area is 163 Å². The second-order valence-electron chi connectivity index (χ2n) is 5.73. The van der Waals surface area contributed by atoms with Gasteiger partial charge in [0.15, 0.2) is 12.1 Å². The number of nitrogens with zero attached hydrogens (tertiary/aromatic N) is 2. The number of allylic oxidation sites excluding steroid dienone is 2. The SMILES string of the molecule is O=CC1=CC(=O)C2=C(OCC(O)CO)N=CC2N1c1c(Cl)cc(F)cc1Cl. The summed E-state index contributed by atoms with van der Waals surface area (Å²) in [4.78, 5) is 29.4. The number of halogens is 3. The number of aldehydes is 1. The molecule has 2 heterocycles. The summed E-state index contributed by atoms with van der Waals surface area (Å²) in [5, 5.41) is 18.2. The maximum absolute atomic E-state index is 13.5. The van der Waals surface area contributed by atoms with Crippen LogP contribution in [0.4, 0.5) is 10.1 Å². The molecule has 0 spiro atoms. The molecule has 0 bridgehead atoms. The number of ether oxygens (including phenoxy) is 1. The summed E-state index contributed by atoms with van der Waals surface area (Å²) < 4.78 is 18.8. The Hall–Kier alpha value is -2.26. The number of carbonyl (C=O) groups is 2. The molecule has 0 saturated carbocycles. The molecule has 27 heavy (non-hydrogen) atoms. The monoisotopic (exact) mass is 414 g/mol. The summed E-state index contributed by atoms with van der Waals surface area (Å²) in [7, 11) is 0. The summed E-state index contributed by atoms with van der Waals surface area (Å²) in [5.41, 5.74) is 0.200. The molecule has 142 valence electrons. The highest BCUT2D eigenvalue weighted by Gasteiger charge is 2.40. The van der Waals surface area contributed by atoms with E-state index in [1.807, 2.05) is 0 Å². The second-order valence-corrected chi connectivity index (χ2v) is 6.54. The molecule has 2 N–H and O–H groups in total. The number of ketones is 1. The average Bonchev–Trinajstić information content (AvgIpc) is 3.04. The first-order valence-electron chi connectivity index (χ1n) is 7.72. The fourth-order valence-corrected chi connectivity index (χ4v) is 3.41. The lowest BCUT2D eigenvalue weighted by molar-refractivity contribution is -0.112. The van der Waals surface area contributed by atoms with Crippen LogP contribution in [0.3, 0.4) is 0 Å². The number of aliphatic hydroxyl groups is 2. The first kappa shape index (κ1) is 19.5. The number of carbonyl (C=O) groups excluding carboxylic acids is 2. The van der Waals surface area contributed by atoms with Crippen LogP contribution in [0.15, 0.2) is 40.4 Å². The van der Waals surface area contributed by atoms with Gasteiger partial charge in [-0.1, -0.05) is 23.2 Å². The third kappa shape index (κ3) is 3.61. The minimum atomic E-state index is -1.15. The second kappa shape index (κ2) is 7.77. The molecule has 0 fully saturated rings. The van der Waals surface area contributed by atoms with Gasteiger partial charge in [0.2, 0.25) is 5.88 Å². The fraction of sp³-hybridized carbons (Fsp3) is 0.235. The van der Waals surface area contributed by atoms with E-state index in [1.165, 1.54) is 11.1 Å². The van der Waals surface area contributed by atoms with Crippen molar-refractivity contribution >= 4 is 47.2 Å². The fourth-order valence-electron chi connectivity index (χ4n) is 2.76. The number of rotatable bonds is 6. The van der Waals surface area contributed by atoms with Gasteiger partial charge < -0.3 is 19.8 Å². The van der Waals surface area contributed by atoms with E-state index in [-0.39, 0.29) is 39.5 Å². The largest absolute Gasteiger partial charge is 0.474 e. The lowest BCUT2D eigenvalue weighted by Crippen LogP contribution is -2.42. The number of anilines is 1. The van der Waals surface area contributed by atoms with Crippen molar-refractivity contribution in [2.24, 2.45) is 4.99 Å². The van der Waals surface area contributed by atoms with Crippen LogP contribution in [0.5, 0.6) is 0 Å². The average molecular weight is 415 g/mol. The summed E-state index contributed by atoms with van der Waals surface area (Å²) in [5.74, 6) is -1.23. The van der Waals surface area contributed by atoms with Gasteiger partial charge in [0.25, 0.3) is 0 Å². The Balaban J connectivity index is 2.07. The van der Waals surface area contributed by atoms with Crippen molar-refractivity contribution in [2.75, 3.05) is 18.1 Å². The number of hydrogen-bond acceptors (Lipinski definition) is 7. The zero-order chi connectivity index (χ0) is 19.7. The molecule has 3 rings (SSSR count). The Morgan fingerprint density at radius 3 is 2.63 bits per heavy atom. The Morgan fingerprint density at radius 2 is 2.04 bits per heavy atom. The van der Waals surface area contributed by atoms with Crippen molar-refractivity contribution in [3.8, 4) is 0 Å².